The maximum Gasteiger partial charge on any atom is 0.340 e. The van der Waals surface area contributed by atoms with E-state index < -0.39 is 11.9 Å². The van der Waals surface area contributed by atoms with E-state index in [1.165, 1.54) is 20.3 Å². The zero-order chi connectivity index (χ0) is 15.8. The van der Waals surface area contributed by atoms with Crippen molar-refractivity contribution in [3.8, 4) is 5.75 Å². The Kier molecular flexibility index (Phi) is 6.48. The lowest BCUT2D eigenvalue weighted by atomic mass is 10.1. The van der Waals surface area contributed by atoms with Gasteiger partial charge in [-0.3, -0.25) is 4.79 Å². The molecule has 0 aliphatic heterocycles. The molecule has 1 rings (SSSR count). The molecule has 0 heterocycles. The van der Waals surface area contributed by atoms with E-state index in [9.17, 15) is 9.59 Å². The molecule has 116 valence electrons. The molecule has 0 spiro atoms. The molecule has 0 radical (unpaired) electrons. The fourth-order valence-corrected chi connectivity index (χ4v) is 1.72. The Morgan fingerprint density at radius 2 is 2.05 bits per heavy atom. The number of anilines is 1. The van der Waals surface area contributed by atoms with Crippen LogP contribution in [-0.4, -0.2) is 45.4 Å². The molecule has 0 bridgehead atoms. The van der Waals surface area contributed by atoms with Crippen molar-refractivity contribution in [2.24, 2.45) is 0 Å². The molecule has 1 aromatic carbocycles. The van der Waals surface area contributed by atoms with E-state index in [-0.39, 0.29) is 23.9 Å². The Labute approximate surface area is 123 Å². The topological polar surface area (TPSA) is 99.9 Å². The summed E-state index contributed by atoms with van der Waals surface area (Å²) in [5, 5.41) is 2.63. The number of hydrogen-bond donors (Lipinski definition) is 2. The van der Waals surface area contributed by atoms with Gasteiger partial charge in [0, 0.05) is 13.2 Å². The predicted octanol–water partition coefficient (Wildman–Crippen LogP) is 0.585. The van der Waals surface area contributed by atoms with Crippen LogP contribution in [0, 0.1) is 0 Å². The Hall–Kier alpha value is -2.28. The van der Waals surface area contributed by atoms with Gasteiger partial charge in [-0.25, -0.2) is 4.79 Å². The van der Waals surface area contributed by atoms with Gasteiger partial charge < -0.3 is 25.3 Å². The third-order valence-corrected chi connectivity index (χ3v) is 2.66. The number of nitrogen functional groups attached to an aromatic ring is 1. The van der Waals surface area contributed by atoms with Gasteiger partial charge in [0.25, 0.3) is 5.91 Å². The van der Waals surface area contributed by atoms with Gasteiger partial charge in [0.15, 0.2) is 6.61 Å². The van der Waals surface area contributed by atoms with E-state index in [0.29, 0.717) is 12.4 Å². The number of carbonyl (C=O) groups is 2. The second-order valence-corrected chi connectivity index (χ2v) is 4.42. The molecule has 7 heteroatoms. The molecule has 1 unspecified atom stereocenters. The molecule has 0 aromatic heterocycles. The summed E-state index contributed by atoms with van der Waals surface area (Å²) >= 11 is 0. The van der Waals surface area contributed by atoms with Gasteiger partial charge >= 0.3 is 5.97 Å². The molecule has 21 heavy (non-hydrogen) atoms. The van der Waals surface area contributed by atoms with Crippen molar-refractivity contribution in [3.63, 3.8) is 0 Å². The largest absolute Gasteiger partial charge is 0.495 e. The van der Waals surface area contributed by atoms with Crippen LogP contribution in [0.15, 0.2) is 18.2 Å². The summed E-state index contributed by atoms with van der Waals surface area (Å²) in [6.07, 6.45) is 0. The highest BCUT2D eigenvalue weighted by Crippen LogP contribution is 2.25. The number of para-hydroxylation sites is 1. The zero-order valence-corrected chi connectivity index (χ0v) is 12.3. The van der Waals surface area contributed by atoms with E-state index in [0.717, 1.165) is 0 Å². The number of amides is 1. The van der Waals surface area contributed by atoms with Gasteiger partial charge in [-0.15, -0.1) is 0 Å². The van der Waals surface area contributed by atoms with Crippen LogP contribution in [0.3, 0.4) is 0 Å². The number of benzene rings is 1. The third-order valence-electron chi connectivity index (χ3n) is 2.66. The SMILES string of the molecule is COCC(C)NC(=O)COC(=O)c1cccc(OC)c1N. The Morgan fingerprint density at radius 1 is 1.33 bits per heavy atom. The van der Waals surface area contributed by atoms with Crippen LogP contribution in [0.1, 0.15) is 17.3 Å². The van der Waals surface area contributed by atoms with Crippen molar-refractivity contribution in [3.05, 3.63) is 23.8 Å². The summed E-state index contributed by atoms with van der Waals surface area (Å²) in [7, 11) is 2.99. The van der Waals surface area contributed by atoms with Gasteiger partial charge in [0.05, 0.1) is 25.0 Å². The molecule has 0 aliphatic rings. The molecule has 1 amide bonds. The highest BCUT2D eigenvalue weighted by atomic mass is 16.5. The van der Waals surface area contributed by atoms with Crippen molar-refractivity contribution < 1.29 is 23.8 Å². The number of hydrogen-bond acceptors (Lipinski definition) is 6. The quantitative estimate of drug-likeness (QED) is 0.564. The number of rotatable bonds is 7. The maximum atomic E-state index is 11.9. The fourth-order valence-electron chi connectivity index (χ4n) is 1.72. The molecule has 7 nitrogen and oxygen atoms in total. The summed E-state index contributed by atoms with van der Waals surface area (Å²) in [5.74, 6) is -0.710. The molecule has 0 saturated carbocycles. The fraction of sp³-hybridized carbons (Fsp3) is 0.429. The number of nitrogens with two attached hydrogens (primary N) is 1. The van der Waals surface area contributed by atoms with E-state index in [2.05, 4.69) is 5.32 Å². The minimum atomic E-state index is -0.680. The van der Waals surface area contributed by atoms with Crippen LogP contribution in [-0.2, 0) is 14.3 Å². The highest BCUT2D eigenvalue weighted by Gasteiger charge is 2.16. The van der Waals surface area contributed by atoms with Crippen molar-refractivity contribution in [2.75, 3.05) is 33.2 Å². The van der Waals surface area contributed by atoms with Gasteiger partial charge in [-0.2, -0.15) is 0 Å². The monoisotopic (exact) mass is 296 g/mol. The number of carbonyl (C=O) groups excluding carboxylic acids is 2. The predicted molar refractivity (Wildman–Crippen MR) is 77.2 cm³/mol. The molecule has 1 atom stereocenters. The summed E-state index contributed by atoms with van der Waals surface area (Å²) in [6, 6.07) is 4.59. The molecular formula is C14H20N2O5. The lowest BCUT2D eigenvalue weighted by Crippen LogP contribution is -2.38. The van der Waals surface area contributed by atoms with Crippen LogP contribution in [0.2, 0.25) is 0 Å². The lowest BCUT2D eigenvalue weighted by Gasteiger charge is -2.13. The normalized spacial score (nSPS) is 11.6. The van der Waals surface area contributed by atoms with Crippen LogP contribution >= 0.6 is 0 Å². The minimum Gasteiger partial charge on any atom is -0.495 e. The first-order chi connectivity index (χ1) is 9.99. The second-order valence-electron chi connectivity index (χ2n) is 4.42. The number of nitrogens with one attached hydrogen (secondary N) is 1. The number of esters is 1. The molecule has 1 aromatic rings. The first-order valence-corrected chi connectivity index (χ1v) is 6.37. The minimum absolute atomic E-state index is 0.159. The summed E-state index contributed by atoms with van der Waals surface area (Å²) in [5.41, 5.74) is 6.12. The molecule has 0 aliphatic carbocycles. The molecular weight excluding hydrogens is 276 g/mol. The number of methoxy groups -OCH3 is 2. The Balaban J connectivity index is 2.56. The molecule has 3 N–H and O–H groups in total. The summed E-state index contributed by atoms with van der Waals surface area (Å²) in [6.45, 7) is 1.77. The van der Waals surface area contributed by atoms with E-state index in [4.69, 9.17) is 19.9 Å². The van der Waals surface area contributed by atoms with Gasteiger partial charge in [-0.05, 0) is 19.1 Å². The van der Waals surface area contributed by atoms with Gasteiger partial charge in [0.2, 0.25) is 0 Å². The highest BCUT2D eigenvalue weighted by molar-refractivity contribution is 5.97. The summed E-state index contributed by atoms with van der Waals surface area (Å²) in [4.78, 5) is 23.5. The van der Waals surface area contributed by atoms with Crippen LogP contribution in [0.25, 0.3) is 0 Å². The van der Waals surface area contributed by atoms with E-state index in [1.54, 1.807) is 19.1 Å². The number of ether oxygens (including phenoxy) is 3. The van der Waals surface area contributed by atoms with Crippen molar-refractivity contribution in [2.45, 2.75) is 13.0 Å². The smallest absolute Gasteiger partial charge is 0.340 e. The van der Waals surface area contributed by atoms with Crippen molar-refractivity contribution >= 4 is 17.6 Å². The van der Waals surface area contributed by atoms with Gasteiger partial charge in [-0.1, -0.05) is 6.07 Å². The van der Waals surface area contributed by atoms with Crippen LogP contribution in [0.5, 0.6) is 5.75 Å². The zero-order valence-electron chi connectivity index (χ0n) is 12.3. The van der Waals surface area contributed by atoms with E-state index in [1.807, 2.05) is 0 Å². The summed E-state index contributed by atoms with van der Waals surface area (Å²) < 4.78 is 14.8. The average molecular weight is 296 g/mol. The maximum absolute atomic E-state index is 11.9. The first kappa shape index (κ1) is 16.8. The van der Waals surface area contributed by atoms with Gasteiger partial charge in [0.1, 0.15) is 5.75 Å². The molecule has 0 saturated heterocycles. The third kappa shape index (κ3) is 4.96. The Bertz CT molecular complexity index is 504. The first-order valence-electron chi connectivity index (χ1n) is 6.37. The molecule has 0 fully saturated rings. The second kappa shape index (κ2) is 8.11. The Morgan fingerprint density at radius 3 is 2.67 bits per heavy atom. The van der Waals surface area contributed by atoms with Crippen LogP contribution in [0.4, 0.5) is 5.69 Å². The van der Waals surface area contributed by atoms with Crippen molar-refractivity contribution in [1.82, 2.24) is 5.32 Å². The van der Waals surface area contributed by atoms with E-state index >= 15 is 0 Å². The van der Waals surface area contributed by atoms with Crippen LogP contribution < -0.4 is 15.8 Å². The van der Waals surface area contributed by atoms with Crippen molar-refractivity contribution in [1.29, 1.82) is 0 Å². The lowest BCUT2D eigenvalue weighted by molar-refractivity contribution is -0.125. The standard InChI is InChI=1S/C14H20N2O5/c1-9(7-19-2)16-12(17)8-21-14(18)10-5-4-6-11(20-3)13(10)15/h4-6,9H,7-8,15H2,1-3H3,(H,16,17). The average Bonchev–Trinajstić information content (AvgIpc) is 2.45.